The molecule has 1 unspecified atom stereocenters. The summed E-state index contributed by atoms with van der Waals surface area (Å²) >= 11 is 0. The van der Waals surface area contributed by atoms with E-state index in [0.29, 0.717) is 5.78 Å². The lowest BCUT2D eigenvalue weighted by Crippen LogP contribution is -2.15. The third-order valence-electron chi connectivity index (χ3n) is 1.70. The highest BCUT2D eigenvalue weighted by atomic mass is 16.1. The van der Waals surface area contributed by atoms with E-state index in [1.165, 1.54) is 0 Å². The average Bonchev–Trinajstić information content (AvgIpc) is 1.90. The van der Waals surface area contributed by atoms with Crippen LogP contribution in [0.5, 0.6) is 0 Å². The highest BCUT2D eigenvalue weighted by Crippen LogP contribution is 2.11. The van der Waals surface area contributed by atoms with Gasteiger partial charge >= 0.3 is 0 Å². The lowest BCUT2D eigenvalue weighted by molar-refractivity contribution is -0.120. The molecule has 9 heavy (non-hydrogen) atoms. The molecule has 0 bridgehead atoms. The molecule has 0 saturated heterocycles. The molecule has 1 aliphatic rings. The van der Waals surface area contributed by atoms with Crippen molar-refractivity contribution in [3.05, 3.63) is 0 Å². The van der Waals surface area contributed by atoms with Crippen LogP contribution in [0.15, 0.2) is 4.99 Å². The minimum absolute atomic E-state index is 0.266. The zero-order chi connectivity index (χ0) is 6.69. The van der Waals surface area contributed by atoms with Crippen molar-refractivity contribution in [3.63, 3.8) is 0 Å². The van der Waals surface area contributed by atoms with Gasteiger partial charge in [-0.05, 0) is 26.0 Å². The molecule has 1 heterocycles. The number of Topliss-reactive ketones (excluding diaryl/α,β-unsaturated/α-hetero) is 1. The summed E-state index contributed by atoms with van der Waals surface area (Å²) in [6.45, 7) is 2.49. The molecule has 50 valence electrons. The number of nitrogens with zero attached hydrogens (tertiary/aromatic N) is 1. The fraction of sp³-hybridized carbons (Fsp3) is 0.714. The standard InChI is InChI=1S/C7H11NO/c1-6(9)7-2-4-8-5-3-7/h4,7H,2-3,5H2,1H3. The van der Waals surface area contributed by atoms with Gasteiger partial charge < -0.3 is 0 Å². The number of carbonyl (C=O) groups excluding carboxylic acids is 1. The van der Waals surface area contributed by atoms with Gasteiger partial charge in [0.25, 0.3) is 0 Å². The second-order valence-electron chi connectivity index (χ2n) is 2.42. The van der Waals surface area contributed by atoms with Crippen molar-refractivity contribution in [2.45, 2.75) is 19.8 Å². The Balaban J connectivity index is 2.44. The van der Waals surface area contributed by atoms with E-state index in [-0.39, 0.29) is 5.92 Å². The monoisotopic (exact) mass is 125 g/mol. The van der Waals surface area contributed by atoms with Crippen LogP contribution >= 0.6 is 0 Å². The van der Waals surface area contributed by atoms with Gasteiger partial charge in [-0.3, -0.25) is 9.79 Å². The average molecular weight is 125 g/mol. The fourth-order valence-electron chi connectivity index (χ4n) is 1.01. The molecule has 1 rings (SSSR count). The molecule has 0 N–H and O–H groups in total. The molecule has 0 radical (unpaired) electrons. The van der Waals surface area contributed by atoms with E-state index in [2.05, 4.69) is 4.99 Å². The molecule has 0 amide bonds. The van der Waals surface area contributed by atoms with Crippen molar-refractivity contribution >= 4 is 12.0 Å². The molecule has 0 aromatic carbocycles. The zero-order valence-electron chi connectivity index (χ0n) is 5.63. The minimum atomic E-state index is 0.266. The Labute approximate surface area is 55.0 Å². The Morgan fingerprint density at radius 3 is 2.89 bits per heavy atom. The molecule has 0 saturated carbocycles. The SMILES string of the molecule is CC(=O)C1CC=NCC1. The van der Waals surface area contributed by atoms with Gasteiger partial charge in [-0.2, -0.15) is 0 Å². The summed E-state index contributed by atoms with van der Waals surface area (Å²) in [6, 6.07) is 0. The first-order valence-electron chi connectivity index (χ1n) is 3.29. The number of rotatable bonds is 1. The first kappa shape index (κ1) is 6.46. The quantitative estimate of drug-likeness (QED) is 0.515. The first-order chi connectivity index (χ1) is 4.30. The molecule has 0 aromatic rings. The molecule has 1 atom stereocenters. The third-order valence-corrected chi connectivity index (χ3v) is 1.70. The van der Waals surface area contributed by atoms with E-state index in [4.69, 9.17) is 0 Å². The normalized spacial score (nSPS) is 26.1. The van der Waals surface area contributed by atoms with Crippen LogP contribution in [0.1, 0.15) is 19.8 Å². The van der Waals surface area contributed by atoms with E-state index in [1.54, 1.807) is 6.92 Å². The molecule has 1 aliphatic heterocycles. The van der Waals surface area contributed by atoms with E-state index in [9.17, 15) is 4.79 Å². The summed E-state index contributed by atoms with van der Waals surface area (Å²) in [5, 5.41) is 0. The molecule has 0 fully saturated rings. The van der Waals surface area contributed by atoms with Crippen LogP contribution in [0.4, 0.5) is 0 Å². The van der Waals surface area contributed by atoms with E-state index < -0.39 is 0 Å². The summed E-state index contributed by atoms with van der Waals surface area (Å²) in [6.07, 6.45) is 3.66. The van der Waals surface area contributed by atoms with Crippen molar-refractivity contribution in [3.8, 4) is 0 Å². The van der Waals surface area contributed by atoms with Crippen molar-refractivity contribution in [2.24, 2.45) is 10.9 Å². The Morgan fingerprint density at radius 1 is 1.78 bits per heavy atom. The lowest BCUT2D eigenvalue weighted by Gasteiger charge is -2.12. The molecule has 0 spiro atoms. The largest absolute Gasteiger partial charge is 0.300 e. The van der Waals surface area contributed by atoms with Crippen LogP contribution in [0.25, 0.3) is 0 Å². The lowest BCUT2D eigenvalue weighted by atomic mass is 9.96. The van der Waals surface area contributed by atoms with E-state index in [0.717, 1.165) is 19.4 Å². The van der Waals surface area contributed by atoms with Gasteiger partial charge in [-0.25, -0.2) is 0 Å². The number of aliphatic imine (C=N–C) groups is 1. The van der Waals surface area contributed by atoms with Crippen molar-refractivity contribution in [1.82, 2.24) is 0 Å². The smallest absolute Gasteiger partial charge is 0.133 e. The topological polar surface area (TPSA) is 29.4 Å². The maximum absolute atomic E-state index is 10.7. The summed E-state index contributed by atoms with van der Waals surface area (Å²) < 4.78 is 0. The van der Waals surface area contributed by atoms with Crippen LogP contribution < -0.4 is 0 Å². The van der Waals surface area contributed by atoms with Crippen LogP contribution in [-0.2, 0) is 4.79 Å². The summed E-state index contributed by atoms with van der Waals surface area (Å²) in [5.41, 5.74) is 0. The second kappa shape index (κ2) is 2.76. The van der Waals surface area contributed by atoms with Crippen LogP contribution in [0.2, 0.25) is 0 Å². The Morgan fingerprint density at radius 2 is 2.56 bits per heavy atom. The van der Waals surface area contributed by atoms with Crippen LogP contribution in [-0.4, -0.2) is 18.5 Å². The Hall–Kier alpha value is -0.660. The number of hydrogen-bond acceptors (Lipinski definition) is 2. The fourth-order valence-corrected chi connectivity index (χ4v) is 1.01. The first-order valence-corrected chi connectivity index (χ1v) is 3.29. The van der Waals surface area contributed by atoms with Crippen molar-refractivity contribution in [1.29, 1.82) is 0 Å². The van der Waals surface area contributed by atoms with Crippen molar-refractivity contribution < 1.29 is 4.79 Å². The molecule has 2 heteroatoms. The predicted molar refractivity (Wildman–Crippen MR) is 36.8 cm³/mol. The van der Waals surface area contributed by atoms with Crippen LogP contribution in [0.3, 0.4) is 0 Å². The molecule has 0 aliphatic carbocycles. The molecule has 2 nitrogen and oxygen atoms in total. The van der Waals surface area contributed by atoms with E-state index in [1.807, 2.05) is 6.21 Å². The Bertz CT molecular complexity index is 140. The summed E-state index contributed by atoms with van der Waals surface area (Å²) in [5.74, 6) is 0.573. The second-order valence-corrected chi connectivity index (χ2v) is 2.42. The van der Waals surface area contributed by atoms with Gasteiger partial charge in [0, 0.05) is 12.5 Å². The predicted octanol–water partition coefficient (Wildman–Crippen LogP) is 1.06. The molecule has 0 aromatic heterocycles. The van der Waals surface area contributed by atoms with Crippen molar-refractivity contribution in [2.75, 3.05) is 6.54 Å². The van der Waals surface area contributed by atoms with Crippen LogP contribution in [0, 0.1) is 5.92 Å². The third kappa shape index (κ3) is 1.63. The van der Waals surface area contributed by atoms with Gasteiger partial charge in [0.15, 0.2) is 0 Å². The van der Waals surface area contributed by atoms with Gasteiger partial charge in [-0.15, -0.1) is 0 Å². The number of hydrogen-bond donors (Lipinski definition) is 0. The van der Waals surface area contributed by atoms with Gasteiger partial charge in [-0.1, -0.05) is 0 Å². The molecular formula is C7H11NO. The number of ketones is 1. The van der Waals surface area contributed by atoms with E-state index >= 15 is 0 Å². The maximum atomic E-state index is 10.7. The minimum Gasteiger partial charge on any atom is -0.300 e. The Kier molecular flexibility index (Phi) is 1.98. The van der Waals surface area contributed by atoms with Gasteiger partial charge in [0.1, 0.15) is 5.78 Å². The van der Waals surface area contributed by atoms with Gasteiger partial charge in [0.05, 0.1) is 0 Å². The zero-order valence-corrected chi connectivity index (χ0v) is 5.63. The number of carbonyl (C=O) groups is 1. The summed E-state index contributed by atoms with van der Waals surface area (Å²) in [7, 11) is 0. The maximum Gasteiger partial charge on any atom is 0.133 e. The summed E-state index contributed by atoms with van der Waals surface area (Å²) in [4.78, 5) is 14.8. The highest BCUT2D eigenvalue weighted by Gasteiger charge is 2.13. The van der Waals surface area contributed by atoms with Gasteiger partial charge in [0.2, 0.25) is 0 Å². The molecular weight excluding hydrogens is 114 g/mol. The highest BCUT2D eigenvalue weighted by molar-refractivity contribution is 5.81.